The summed E-state index contributed by atoms with van der Waals surface area (Å²) in [6.07, 6.45) is -5.22. The Balaban J connectivity index is 0.00000242. The molecule has 1 atom stereocenters. The number of piperazine rings is 1. The van der Waals surface area contributed by atoms with E-state index in [1.54, 1.807) is 12.1 Å². The zero-order valence-corrected chi connectivity index (χ0v) is 14.8. The van der Waals surface area contributed by atoms with Crippen molar-refractivity contribution < 1.29 is 17.6 Å². The summed E-state index contributed by atoms with van der Waals surface area (Å²) in [6, 6.07) is 4.08. The van der Waals surface area contributed by atoms with Gasteiger partial charge in [0.1, 0.15) is 5.82 Å². The van der Waals surface area contributed by atoms with E-state index in [9.17, 15) is 17.6 Å². The number of benzene rings is 1. The third kappa shape index (κ3) is 5.82. The average Bonchev–Trinajstić information content (AvgIpc) is 2.43. The van der Waals surface area contributed by atoms with Gasteiger partial charge >= 0.3 is 6.18 Å². The van der Waals surface area contributed by atoms with Crippen molar-refractivity contribution in [2.24, 2.45) is 0 Å². The molecule has 8 heteroatoms. The SMILES string of the molecule is Cl.Fc1ccc(I)cc1[C@H](CCC(F)(F)F)N1CCNCC1. The molecule has 0 unspecified atom stereocenters. The highest BCUT2D eigenvalue weighted by Crippen LogP contribution is 2.33. The van der Waals surface area contributed by atoms with Crippen molar-refractivity contribution in [2.75, 3.05) is 26.2 Å². The van der Waals surface area contributed by atoms with Gasteiger partial charge < -0.3 is 5.32 Å². The monoisotopic (exact) mass is 452 g/mol. The summed E-state index contributed by atoms with van der Waals surface area (Å²) in [5.74, 6) is -0.430. The number of hydrogen-bond acceptors (Lipinski definition) is 2. The molecule has 1 aromatic carbocycles. The molecule has 1 aliphatic heterocycles. The molecular weight excluding hydrogens is 435 g/mol. The number of nitrogens with zero attached hydrogens (tertiary/aromatic N) is 1. The Morgan fingerprint density at radius 2 is 1.86 bits per heavy atom. The molecule has 1 fully saturated rings. The lowest BCUT2D eigenvalue weighted by Crippen LogP contribution is -2.45. The van der Waals surface area contributed by atoms with Crippen LogP contribution >= 0.6 is 35.0 Å². The van der Waals surface area contributed by atoms with Gasteiger partial charge in [0, 0.05) is 47.8 Å². The first-order chi connectivity index (χ1) is 9.87. The van der Waals surface area contributed by atoms with E-state index < -0.39 is 24.5 Å². The Morgan fingerprint density at radius 3 is 2.45 bits per heavy atom. The lowest BCUT2D eigenvalue weighted by molar-refractivity contribution is -0.138. The number of alkyl halides is 3. The Kier molecular flexibility index (Phi) is 7.84. The predicted octanol–water partition coefficient (Wildman–Crippen LogP) is 4.14. The zero-order valence-electron chi connectivity index (χ0n) is 11.8. The molecule has 1 N–H and O–H groups in total. The van der Waals surface area contributed by atoms with Crippen LogP contribution in [-0.2, 0) is 0 Å². The normalized spacial score (nSPS) is 17.9. The van der Waals surface area contributed by atoms with Crippen LogP contribution in [0.1, 0.15) is 24.4 Å². The summed E-state index contributed by atoms with van der Waals surface area (Å²) in [7, 11) is 0. The molecule has 1 heterocycles. The summed E-state index contributed by atoms with van der Waals surface area (Å²) in [6.45, 7) is 2.70. The number of rotatable bonds is 4. The molecule has 0 aliphatic carbocycles. The van der Waals surface area contributed by atoms with Crippen LogP contribution in [0.3, 0.4) is 0 Å². The molecule has 2 rings (SSSR count). The van der Waals surface area contributed by atoms with Crippen molar-refractivity contribution in [3.63, 3.8) is 0 Å². The molecule has 1 aliphatic rings. The maximum absolute atomic E-state index is 14.1. The van der Waals surface area contributed by atoms with Gasteiger partial charge in [-0.05, 0) is 47.2 Å². The highest BCUT2D eigenvalue weighted by molar-refractivity contribution is 14.1. The van der Waals surface area contributed by atoms with Crippen LogP contribution in [0, 0.1) is 9.39 Å². The Bertz CT molecular complexity index is 478. The van der Waals surface area contributed by atoms with E-state index in [0.717, 1.165) is 3.57 Å². The quantitative estimate of drug-likeness (QED) is 0.546. The molecule has 0 radical (unpaired) electrons. The smallest absolute Gasteiger partial charge is 0.314 e. The van der Waals surface area contributed by atoms with Gasteiger partial charge in [0.2, 0.25) is 0 Å². The summed E-state index contributed by atoms with van der Waals surface area (Å²) in [5.41, 5.74) is 0.369. The molecule has 0 bridgehead atoms. The Morgan fingerprint density at radius 1 is 1.23 bits per heavy atom. The first-order valence-corrected chi connectivity index (χ1v) is 7.91. The largest absolute Gasteiger partial charge is 0.389 e. The predicted molar refractivity (Wildman–Crippen MR) is 88.8 cm³/mol. The van der Waals surface area contributed by atoms with Gasteiger partial charge in [-0.15, -0.1) is 12.4 Å². The van der Waals surface area contributed by atoms with Gasteiger partial charge in [0.05, 0.1) is 0 Å². The average molecular weight is 453 g/mol. The van der Waals surface area contributed by atoms with Gasteiger partial charge in [-0.2, -0.15) is 13.2 Å². The van der Waals surface area contributed by atoms with Crippen LogP contribution in [-0.4, -0.2) is 37.3 Å². The van der Waals surface area contributed by atoms with Gasteiger partial charge in [-0.25, -0.2) is 4.39 Å². The third-order valence-electron chi connectivity index (χ3n) is 3.61. The number of halogens is 6. The minimum absolute atomic E-state index is 0. The topological polar surface area (TPSA) is 15.3 Å². The van der Waals surface area contributed by atoms with Crippen molar-refractivity contribution in [3.8, 4) is 0 Å². The molecule has 0 saturated carbocycles. The van der Waals surface area contributed by atoms with Gasteiger partial charge in [-0.1, -0.05) is 0 Å². The number of hydrogen-bond donors (Lipinski definition) is 1. The lowest BCUT2D eigenvalue weighted by Gasteiger charge is -2.35. The van der Waals surface area contributed by atoms with E-state index in [2.05, 4.69) is 27.9 Å². The van der Waals surface area contributed by atoms with E-state index in [-0.39, 0.29) is 18.8 Å². The highest BCUT2D eigenvalue weighted by Gasteiger charge is 2.32. The molecule has 1 saturated heterocycles. The molecule has 0 aromatic heterocycles. The lowest BCUT2D eigenvalue weighted by atomic mass is 9.98. The highest BCUT2D eigenvalue weighted by atomic mass is 127. The molecule has 1 aromatic rings. The number of nitrogens with one attached hydrogen (secondary N) is 1. The second-order valence-electron chi connectivity index (χ2n) is 5.12. The maximum atomic E-state index is 14.1. The van der Waals surface area contributed by atoms with Gasteiger partial charge in [0.15, 0.2) is 0 Å². The van der Waals surface area contributed by atoms with Crippen molar-refractivity contribution >= 4 is 35.0 Å². The fourth-order valence-electron chi connectivity index (χ4n) is 2.60. The van der Waals surface area contributed by atoms with Crippen molar-refractivity contribution in [1.29, 1.82) is 0 Å². The van der Waals surface area contributed by atoms with Gasteiger partial charge in [-0.3, -0.25) is 4.90 Å². The summed E-state index contributed by atoms with van der Waals surface area (Å²) in [5, 5.41) is 3.16. The van der Waals surface area contributed by atoms with Crippen molar-refractivity contribution in [1.82, 2.24) is 10.2 Å². The summed E-state index contributed by atoms with van der Waals surface area (Å²) >= 11 is 2.05. The minimum atomic E-state index is -4.22. The standard InChI is InChI=1S/C14H17F4IN2.ClH/c15-12-2-1-10(19)9-11(12)13(3-4-14(16,17)18)21-7-5-20-6-8-21;/h1-2,9,13,20H,3-8H2;1H/t13-;/m0./s1. The molecule has 22 heavy (non-hydrogen) atoms. The van der Waals surface area contributed by atoms with E-state index >= 15 is 0 Å². The molecule has 0 amide bonds. The van der Waals surface area contributed by atoms with Crippen LogP contribution in [0.25, 0.3) is 0 Å². The zero-order chi connectivity index (χ0) is 15.5. The molecule has 0 spiro atoms. The fraction of sp³-hybridized carbons (Fsp3) is 0.571. The first-order valence-electron chi connectivity index (χ1n) is 6.83. The van der Waals surface area contributed by atoms with E-state index in [4.69, 9.17) is 0 Å². The van der Waals surface area contributed by atoms with Crippen molar-refractivity contribution in [2.45, 2.75) is 25.1 Å². The first kappa shape index (κ1) is 19.9. The second kappa shape index (κ2) is 8.65. The van der Waals surface area contributed by atoms with Crippen LogP contribution < -0.4 is 5.32 Å². The Labute approximate surface area is 147 Å². The van der Waals surface area contributed by atoms with Crippen LogP contribution in [0.4, 0.5) is 17.6 Å². The van der Waals surface area contributed by atoms with E-state index in [1.165, 1.54) is 6.07 Å². The van der Waals surface area contributed by atoms with Crippen LogP contribution in [0.5, 0.6) is 0 Å². The minimum Gasteiger partial charge on any atom is -0.314 e. The van der Waals surface area contributed by atoms with Crippen molar-refractivity contribution in [3.05, 3.63) is 33.1 Å². The molecular formula is C14H18ClF4IN2. The fourth-order valence-corrected chi connectivity index (χ4v) is 3.11. The third-order valence-corrected chi connectivity index (χ3v) is 4.28. The Hall–Kier alpha value is -0.120. The van der Waals surface area contributed by atoms with Gasteiger partial charge in [0.25, 0.3) is 0 Å². The van der Waals surface area contributed by atoms with Crippen LogP contribution in [0.15, 0.2) is 18.2 Å². The molecule has 126 valence electrons. The second-order valence-corrected chi connectivity index (χ2v) is 6.37. The summed E-state index contributed by atoms with van der Waals surface area (Å²) < 4.78 is 52.6. The van der Waals surface area contributed by atoms with Crippen LogP contribution in [0.2, 0.25) is 0 Å². The summed E-state index contributed by atoms with van der Waals surface area (Å²) in [4.78, 5) is 1.94. The van der Waals surface area contributed by atoms with E-state index in [1.807, 2.05) is 4.90 Å². The maximum Gasteiger partial charge on any atom is 0.389 e. The molecule has 2 nitrogen and oxygen atoms in total. The van der Waals surface area contributed by atoms with E-state index in [0.29, 0.717) is 31.7 Å².